The molecule has 0 fully saturated rings. The third-order valence-electron chi connectivity index (χ3n) is 4.84. The molecule has 0 saturated heterocycles. The molecule has 0 spiro atoms. The van der Waals surface area contributed by atoms with E-state index in [0.29, 0.717) is 6.54 Å². The lowest BCUT2D eigenvalue weighted by Gasteiger charge is -2.12. The van der Waals surface area contributed by atoms with E-state index >= 15 is 0 Å². The molecule has 3 N–H and O–H groups in total. The maximum atomic E-state index is 4.71. The number of halogens is 1. The predicted octanol–water partition coefficient (Wildman–Crippen LogP) is 3.76. The number of thiophene rings is 1. The van der Waals surface area contributed by atoms with Gasteiger partial charge in [-0.15, -0.1) is 45.5 Å². The number of benzene rings is 1. The Bertz CT molecular complexity index is 1060. The number of nitrogens with one attached hydrogen (secondary N) is 3. The molecule has 0 saturated carbocycles. The second kappa shape index (κ2) is 10.6. The molecule has 4 aromatic rings. The molecular formula is C21H26IN7S. The Hall–Kier alpha value is -2.40. The zero-order valence-electron chi connectivity index (χ0n) is 17.1. The summed E-state index contributed by atoms with van der Waals surface area (Å²) in [5.41, 5.74) is 2.38. The number of aryl methyl sites for hydroxylation is 1. The van der Waals surface area contributed by atoms with Gasteiger partial charge in [0.25, 0.3) is 0 Å². The highest BCUT2D eigenvalue weighted by Gasteiger charge is 2.06. The van der Waals surface area contributed by atoms with Gasteiger partial charge in [0.05, 0.1) is 6.54 Å². The molecule has 0 atom stereocenters. The van der Waals surface area contributed by atoms with Gasteiger partial charge in [-0.05, 0) is 35.9 Å². The van der Waals surface area contributed by atoms with E-state index in [-0.39, 0.29) is 24.0 Å². The topological polar surface area (TPSA) is 82.9 Å². The van der Waals surface area contributed by atoms with Crippen LogP contribution in [-0.2, 0) is 26.6 Å². The summed E-state index contributed by atoms with van der Waals surface area (Å²) >= 11 is 1.73. The number of fused-ring (bicyclic) bond motifs is 1. The number of aromatic amines is 1. The van der Waals surface area contributed by atoms with Crippen LogP contribution in [0.2, 0.25) is 0 Å². The highest BCUT2D eigenvalue weighted by atomic mass is 127. The summed E-state index contributed by atoms with van der Waals surface area (Å²) in [4.78, 5) is 9.45. The molecule has 9 heteroatoms. The molecule has 3 aromatic heterocycles. The number of hydrogen-bond donors (Lipinski definition) is 3. The predicted molar refractivity (Wildman–Crippen MR) is 133 cm³/mol. The number of nitrogens with zero attached hydrogens (tertiary/aromatic N) is 4. The van der Waals surface area contributed by atoms with Gasteiger partial charge in [-0.1, -0.05) is 24.3 Å². The maximum Gasteiger partial charge on any atom is 0.192 e. The molecule has 0 radical (unpaired) electrons. The highest BCUT2D eigenvalue weighted by Crippen LogP contribution is 2.14. The SMILES string of the molecule is Cc1nnc(CN=C(NCCc2cc3ccccc3[nH]2)NCc2cccs2)n1C.I. The minimum atomic E-state index is 0. The molecule has 0 amide bonds. The number of H-pyrrole nitrogens is 1. The zero-order valence-corrected chi connectivity index (χ0v) is 20.2. The summed E-state index contributed by atoms with van der Waals surface area (Å²) in [5, 5.41) is 18.5. The molecule has 4 rings (SSSR count). The lowest BCUT2D eigenvalue weighted by atomic mass is 10.2. The van der Waals surface area contributed by atoms with Crippen molar-refractivity contribution < 1.29 is 0 Å². The average molecular weight is 535 g/mol. The van der Waals surface area contributed by atoms with E-state index in [2.05, 4.69) is 67.6 Å². The van der Waals surface area contributed by atoms with Crippen molar-refractivity contribution in [3.63, 3.8) is 0 Å². The van der Waals surface area contributed by atoms with Crippen LogP contribution in [-0.4, -0.2) is 32.3 Å². The summed E-state index contributed by atoms with van der Waals surface area (Å²) in [5.74, 6) is 2.50. The number of hydrogen-bond acceptors (Lipinski definition) is 4. The lowest BCUT2D eigenvalue weighted by Crippen LogP contribution is -2.38. The minimum Gasteiger partial charge on any atom is -0.358 e. The third-order valence-corrected chi connectivity index (χ3v) is 5.72. The normalized spacial score (nSPS) is 11.5. The van der Waals surface area contributed by atoms with Gasteiger partial charge in [-0.25, -0.2) is 4.99 Å². The minimum absolute atomic E-state index is 0. The van der Waals surface area contributed by atoms with Crippen molar-refractivity contribution in [1.82, 2.24) is 30.4 Å². The third kappa shape index (κ3) is 5.60. The molecule has 30 heavy (non-hydrogen) atoms. The van der Waals surface area contributed by atoms with E-state index in [1.807, 2.05) is 24.6 Å². The summed E-state index contributed by atoms with van der Waals surface area (Å²) < 4.78 is 1.96. The molecule has 0 unspecified atom stereocenters. The molecule has 158 valence electrons. The van der Waals surface area contributed by atoms with Crippen molar-refractivity contribution in [3.8, 4) is 0 Å². The van der Waals surface area contributed by atoms with Crippen molar-refractivity contribution in [3.05, 3.63) is 70.1 Å². The fourth-order valence-electron chi connectivity index (χ4n) is 3.08. The Balaban J connectivity index is 0.00000256. The monoisotopic (exact) mass is 535 g/mol. The van der Waals surface area contributed by atoms with Crippen LogP contribution in [0.5, 0.6) is 0 Å². The average Bonchev–Trinajstić information content (AvgIpc) is 3.45. The number of para-hydroxylation sites is 1. The lowest BCUT2D eigenvalue weighted by molar-refractivity contribution is 0.748. The van der Waals surface area contributed by atoms with Gasteiger partial charge in [0.1, 0.15) is 12.4 Å². The molecule has 0 aliphatic carbocycles. The van der Waals surface area contributed by atoms with Crippen LogP contribution < -0.4 is 10.6 Å². The van der Waals surface area contributed by atoms with Gasteiger partial charge in [0.15, 0.2) is 11.8 Å². The Morgan fingerprint density at radius 3 is 2.77 bits per heavy atom. The number of aromatic nitrogens is 4. The number of aliphatic imine (C=N–C) groups is 1. The highest BCUT2D eigenvalue weighted by molar-refractivity contribution is 14.0. The van der Waals surface area contributed by atoms with Gasteiger partial charge in [0, 0.05) is 36.1 Å². The van der Waals surface area contributed by atoms with Crippen molar-refractivity contribution in [2.45, 2.75) is 26.4 Å². The second-order valence-corrected chi connectivity index (χ2v) is 7.91. The van der Waals surface area contributed by atoms with E-state index in [1.165, 1.54) is 21.5 Å². The first-order valence-corrected chi connectivity index (χ1v) is 10.5. The van der Waals surface area contributed by atoms with Gasteiger partial charge in [0.2, 0.25) is 0 Å². The van der Waals surface area contributed by atoms with Gasteiger partial charge < -0.3 is 20.2 Å². The van der Waals surface area contributed by atoms with Crippen LogP contribution in [0.1, 0.15) is 22.2 Å². The van der Waals surface area contributed by atoms with Gasteiger partial charge >= 0.3 is 0 Å². The van der Waals surface area contributed by atoms with Crippen molar-refractivity contribution in [2.75, 3.05) is 6.54 Å². The van der Waals surface area contributed by atoms with E-state index in [9.17, 15) is 0 Å². The molecule has 7 nitrogen and oxygen atoms in total. The Morgan fingerprint density at radius 2 is 2.03 bits per heavy atom. The largest absolute Gasteiger partial charge is 0.358 e. The van der Waals surface area contributed by atoms with E-state index in [1.54, 1.807) is 11.3 Å². The zero-order chi connectivity index (χ0) is 20.1. The van der Waals surface area contributed by atoms with Crippen LogP contribution in [0.25, 0.3) is 10.9 Å². The Labute approximate surface area is 197 Å². The summed E-state index contributed by atoms with van der Waals surface area (Å²) in [6.07, 6.45) is 0.886. The standard InChI is InChI=1S/C21H25N7S.HI/c1-15-26-27-20(28(15)2)14-24-21(23-13-18-7-5-11-29-18)22-10-9-17-12-16-6-3-4-8-19(16)25-17;/h3-8,11-12,25H,9-10,13-14H2,1-2H3,(H2,22,23,24);1H. The first kappa shape index (κ1) is 22.3. The fourth-order valence-corrected chi connectivity index (χ4v) is 3.73. The van der Waals surface area contributed by atoms with Crippen LogP contribution in [0.3, 0.4) is 0 Å². The van der Waals surface area contributed by atoms with Crippen molar-refractivity contribution in [1.29, 1.82) is 0 Å². The summed E-state index contributed by atoms with van der Waals surface area (Å²) in [7, 11) is 1.96. The van der Waals surface area contributed by atoms with E-state index in [0.717, 1.165) is 37.1 Å². The first-order valence-electron chi connectivity index (χ1n) is 9.65. The number of guanidine groups is 1. The summed E-state index contributed by atoms with van der Waals surface area (Å²) in [6, 6.07) is 14.7. The molecule has 0 bridgehead atoms. The van der Waals surface area contributed by atoms with Gasteiger partial charge in [-0.2, -0.15) is 0 Å². The quantitative estimate of drug-likeness (QED) is 0.191. The van der Waals surface area contributed by atoms with Crippen LogP contribution >= 0.6 is 35.3 Å². The van der Waals surface area contributed by atoms with Crippen LogP contribution in [0.4, 0.5) is 0 Å². The fraction of sp³-hybridized carbons (Fsp3) is 0.286. The molecule has 3 heterocycles. The van der Waals surface area contributed by atoms with Gasteiger partial charge in [-0.3, -0.25) is 0 Å². The molecule has 0 aliphatic rings. The molecule has 0 aliphatic heterocycles. The Morgan fingerprint density at radius 1 is 1.17 bits per heavy atom. The van der Waals surface area contributed by atoms with E-state index in [4.69, 9.17) is 4.99 Å². The van der Waals surface area contributed by atoms with E-state index < -0.39 is 0 Å². The van der Waals surface area contributed by atoms with Crippen LogP contribution in [0.15, 0.2) is 52.8 Å². The molecule has 1 aromatic carbocycles. The van der Waals surface area contributed by atoms with Crippen molar-refractivity contribution in [2.24, 2.45) is 12.0 Å². The Kier molecular flexibility index (Phi) is 7.86. The van der Waals surface area contributed by atoms with Crippen molar-refractivity contribution >= 4 is 52.2 Å². The van der Waals surface area contributed by atoms with Crippen LogP contribution in [0, 0.1) is 6.92 Å². The summed E-state index contributed by atoms with van der Waals surface area (Å²) in [6.45, 7) is 3.94. The maximum absolute atomic E-state index is 4.71. The first-order chi connectivity index (χ1) is 14.2. The second-order valence-electron chi connectivity index (χ2n) is 6.88. The number of rotatable bonds is 7. The smallest absolute Gasteiger partial charge is 0.192 e. The molecular weight excluding hydrogens is 509 g/mol.